The normalized spacial score (nSPS) is 31.3. The molecular weight excluding hydrogens is 202 g/mol. The van der Waals surface area contributed by atoms with Crippen LogP contribution < -0.4 is 0 Å². The Morgan fingerprint density at radius 1 is 1.38 bits per heavy atom. The number of rotatable bonds is 2. The van der Waals surface area contributed by atoms with Gasteiger partial charge in [-0.3, -0.25) is 9.69 Å². The lowest BCUT2D eigenvalue weighted by Gasteiger charge is -2.37. The molecule has 16 heavy (non-hydrogen) atoms. The van der Waals surface area contributed by atoms with E-state index in [1.807, 2.05) is 0 Å². The summed E-state index contributed by atoms with van der Waals surface area (Å²) < 4.78 is 4.84. The van der Waals surface area contributed by atoms with Crippen molar-refractivity contribution < 1.29 is 9.53 Å². The SMILES string of the molecule is COC(=O)C1CCCN(C2C=CCCC2)C1. The van der Waals surface area contributed by atoms with E-state index in [9.17, 15) is 4.79 Å². The minimum atomic E-state index is -0.0375. The summed E-state index contributed by atoms with van der Waals surface area (Å²) in [6.45, 7) is 2.00. The van der Waals surface area contributed by atoms with E-state index >= 15 is 0 Å². The van der Waals surface area contributed by atoms with Gasteiger partial charge >= 0.3 is 5.97 Å². The molecule has 2 atom stereocenters. The van der Waals surface area contributed by atoms with Crippen molar-refractivity contribution in [3.8, 4) is 0 Å². The molecule has 0 amide bonds. The number of piperidine rings is 1. The van der Waals surface area contributed by atoms with Gasteiger partial charge < -0.3 is 4.74 Å². The molecule has 1 fully saturated rings. The Morgan fingerprint density at radius 3 is 2.94 bits per heavy atom. The van der Waals surface area contributed by atoms with Crippen LogP contribution in [0, 0.1) is 5.92 Å². The lowest BCUT2D eigenvalue weighted by molar-refractivity contribution is -0.147. The fraction of sp³-hybridized carbons (Fsp3) is 0.769. The molecule has 0 aromatic carbocycles. The van der Waals surface area contributed by atoms with Crippen LogP contribution in [0.25, 0.3) is 0 Å². The average molecular weight is 223 g/mol. The van der Waals surface area contributed by atoms with Crippen LogP contribution in [-0.4, -0.2) is 37.1 Å². The number of nitrogens with zero attached hydrogens (tertiary/aromatic N) is 1. The zero-order valence-corrected chi connectivity index (χ0v) is 10.0. The summed E-state index contributed by atoms with van der Waals surface area (Å²) in [5, 5.41) is 0. The maximum atomic E-state index is 11.5. The first-order valence-corrected chi connectivity index (χ1v) is 6.30. The van der Waals surface area contributed by atoms with Crippen molar-refractivity contribution in [3.63, 3.8) is 0 Å². The van der Waals surface area contributed by atoms with E-state index in [-0.39, 0.29) is 11.9 Å². The quantitative estimate of drug-likeness (QED) is 0.529. The Balaban J connectivity index is 1.93. The Labute approximate surface area is 97.5 Å². The number of hydrogen-bond donors (Lipinski definition) is 0. The third kappa shape index (κ3) is 2.64. The predicted molar refractivity (Wildman–Crippen MR) is 63.1 cm³/mol. The minimum Gasteiger partial charge on any atom is -0.469 e. The number of likely N-dealkylation sites (tertiary alicyclic amines) is 1. The highest BCUT2D eigenvalue weighted by molar-refractivity contribution is 5.72. The molecule has 2 unspecified atom stereocenters. The zero-order chi connectivity index (χ0) is 11.4. The fourth-order valence-electron chi connectivity index (χ4n) is 2.77. The number of carbonyl (C=O) groups is 1. The van der Waals surface area contributed by atoms with Gasteiger partial charge in [0, 0.05) is 12.6 Å². The van der Waals surface area contributed by atoms with E-state index in [0.717, 1.165) is 25.9 Å². The summed E-state index contributed by atoms with van der Waals surface area (Å²) in [6.07, 6.45) is 10.4. The summed E-state index contributed by atoms with van der Waals surface area (Å²) in [6, 6.07) is 0.557. The van der Waals surface area contributed by atoms with Crippen LogP contribution in [0.1, 0.15) is 32.1 Å². The van der Waals surface area contributed by atoms with Gasteiger partial charge in [-0.25, -0.2) is 0 Å². The van der Waals surface area contributed by atoms with E-state index in [2.05, 4.69) is 17.1 Å². The van der Waals surface area contributed by atoms with E-state index in [4.69, 9.17) is 4.74 Å². The Bertz CT molecular complexity index is 275. The fourth-order valence-corrected chi connectivity index (χ4v) is 2.77. The highest BCUT2D eigenvalue weighted by Crippen LogP contribution is 2.24. The zero-order valence-electron chi connectivity index (χ0n) is 10.0. The van der Waals surface area contributed by atoms with Crippen LogP contribution >= 0.6 is 0 Å². The first-order chi connectivity index (χ1) is 7.81. The molecule has 0 N–H and O–H groups in total. The van der Waals surface area contributed by atoms with Crippen molar-refractivity contribution in [3.05, 3.63) is 12.2 Å². The van der Waals surface area contributed by atoms with Gasteiger partial charge in [0.25, 0.3) is 0 Å². The molecule has 3 heteroatoms. The summed E-state index contributed by atoms with van der Waals surface area (Å²) in [4.78, 5) is 14.0. The van der Waals surface area contributed by atoms with Gasteiger partial charge in [0.1, 0.15) is 0 Å². The summed E-state index contributed by atoms with van der Waals surface area (Å²) in [5.74, 6) is 0.0542. The van der Waals surface area contributed by atoms with Crippen molar-refractivity contribution in [1.29, 1.82) is 0 Å². The summed E-state index contributed by atoms with van der Waals surface area (Å²) >= 11 is 0. The van der Waals surface area contributed by atoms with Gasteiger partial charge in [-0.05, 0) is 38.6 Å². The minimum absolute atomic E-state index is 0.0375. The molecule has 90 valence electrons. The summed E-state index contributed by atoms with van der Waals surface area (Å²) in [7, 11) is 1.49. The van der Waals surface area contributed by atoms with Crippen LogP contribution in [0.15, 0.2) is 12.2 Å². The highest BCUT2D eigenvalue weighted by Gasteiger charge is 2.29. The van der Waals surface area contributed by atoms with Crippen LogP contribution in [0.4, 0.5) is 0 Å². The highest BCUT2D eigenvalue weighted by atomic mass is 16.5. The molecule has 1 aliphatic heterocycles. The van der Waals surface area contributed by atoms with E-state index in [1.54, 1.807) is 0 Å². The van der Waals surface area contributed by atoms with E-state index in [1.165, 1.54) is 26.4 Å². The third-order valence-electron chi connectivity index (χ3n) is 3.69. The maximum Gasteiger partial charge on any atom is 0.309 e. The van der Waals surface area contributed by atoms with Gasteiger partial charge in [0.2, 0.25) is 0 Å². The van der Waals surface area contributed by atoms with Crippen molar-refractivity contribution >= 4 is 5.97 Å². The molecule has 3 nitrogen and oxygen atoms in total. The monoisotopic (exact) mass is 223 g/mol. The second kappa shape index (κ2) is 5.48. The van der Waals surface area contributed by atoms with Gasteiger partial charge in [0.15, 0.2) is 0 Å². The molecule has 1 heterocycles. The lowest BCUT2D eigenvalue weighted by Crippen LogP contribution is -2.44. The molecule has 0 radical (unpaired) electrons. The average Bonchev–Trinajstić information content (AvgIpc) is 2.39. The standard InChI is InChI=1S/C13H21NO2/c1-16-13(15)11-6-5-9-14(10-11)12-7-3-2-4-8-12/h3,7,11-12H,2,4-6,8-10H2,1H3. The van der Waals surface area contributed by atoms with Crippen molar-refractivity contribution in [2.45, 2.75) is 38.1 Å². The molecule has 2 aliphatic rings. The Kier molecular flexibility index (Phi) is 3.99. The number of esters is 1. The topological polar surface area (TPSA) is 29.5 Å². The maximum absolute atomic E-state index is 11.5. The molecule has 0 saturated carbocycles. The number of allylic oxidation sites excluding steroid dienone is 1. The predicted octanol–water partition coefficient (Wildman–Crippen LogP) is 1.98. The molecule has 0 bridgehead atoms. The number of carbonyl (C=O) groups excluding carboxylic acids is 1. The van der Waals surface area contributed by atoms with E-state index < -0.39 is 0 Å². The van der Waals surface area contributed by atoms with Crippen LogP contribution in [0.2, 0.25) is 0 Å². The second-order valence-corrected chi connectivity index (χ2v) is 4.78. The lowest BCUT2D eigenvalue weighted by atomic mass is 9.94. The molecular formula is C13H21NO2. The number of hydrogen-bond acceptors (Lipinski definition) is 3. The van der Waals surface area contributed by atoms with Gasteiger partial charge in [-0.15, -0.1) is 0 Å². The smallest absolute Gasteiger partial charge is 0.309 e. The molecule has 0 aromatic heterocycles. The van der Waals surface area contributed by atoms with Crippen molar-refractivity contribution in [2.24, 2.45) is 5.92 Å². The van der Waals surface area contributed by atoms with Gasteiger partial charge in [0.05, 0.1) is 13.0 Å². The molecule has 1 aliphatic carbocycles. The first-order valence-electron chi connectivity index (χ1n) is 6.30. The third-order valence-corrected chi connectivity index (χ3v) is 3.69. The van der Waals surface area contributed by atoms with Crippen molar-refractivity contribution in [1.82, 2.24) is 4.90 Å². The largest absolute Gasteiger partial charge is 0.469 e. The van der Waals surface area contributed by atoms with Crippen LogP contribution in [0.3, 0.4) is 0 Å². The van der Waals surface area contributed by atoms with Crippen LogP contribution in [0.5, 0.6) is 0 Å². The molecule has 2 rings (SSSR count). The molecule has 0 spiro atoms. The Morgan fingerprint density at radius 2 is 2.25 bits per heavy atom. The van der Waals surface area contributed by atoms with Gasteiger partial charge in [-0.1, -0.05) is 12.2 Å². The Hall–Kier alpha value is -0.830. The van der Waals surface area contributed by atoms with E-state index in [0.29, 0.717) is 6.04 Å². The number of methoxy groups -OCH3 is 1. The number of ether oxygens (including phenoxy) is 1. The van der Waals surface area contributed by atoms with Crippen LogP contribution in [-0.2, 0) is 9.53 Å². The molecule has 0 aromatic rings. The first kappa shape index (κ1) is 11.6. The van der Waals surface area contributed by atoms with Gasteiger partial charge in [-0.2, -0.15) is 0 Å². The molecule has 1 saturated heterocycles. The second-order valence-electron chi connectivity index (χ2n) is 4.78. The van der Waals surface area contributed by atoms with Crippen molar-refractivity contribution in [2.75, 3.05) is 20.2 Å². The summed E-state index contributed by atoms with van der Waals surface area (Å²) in [5.41, 5.74) is 0.